The second-order valence-corrected chi connectivity index (χ2v) is 15.1. The van der Waals surface area contributed by atoms with Crippen LogP contribution in [0.25, 0.3) is 0 Å². The van der Waals surface area contributed by atoms with Gasteiger partial charge in [-0.25, -0.2) is 9.18 Å². The predicted molar refractivity (Wildman–Crippen MR) is 159 cm³/mol. The van der Waals surface area contributed by atoms with Gasteiger partial charge in [0.15, 0.2) is 5.78 Å². The van der Waals surface area contributed by atoms with Crippen molar-refractivity contribution in [2.24, 2.45) is 5.92 Å². The third-order valence-electron chi connectivity index (χ3n) is 7.41. The van der Waals surface area contributed by atoms with Crippen LogP contribution in [0.1, 0.15) is 84.8 Å². The van der Waals surface area contributed by atoms with E-state index >= 15 is 4.39 Å². The van der Waals surface area contributed by atoms with Gasteiger partial charge in [0, 0.05) is 30.2 Å². The van der Waals surface area contributed by atoms with Gasteiger partial charge in [0.25, 0.3) is 0 Å². The van der Waals surface area contributed by atoms with Crippen LogP contribution in [0.4, 0.5) is 14.9 Å². The quantitative estimate of drug-likeness (QED) is 0.378. The molecule has 4 rings (SSSR count). The number of anilines is 1. The molecule has 11 heteroatoms. The van der Waals surface area contributed by atoms with Crippen LogP contribution in [-0.4, -0.2) is 55.2 Å². The Balaban J connectivity index is 1.70. The molecule has 1 aliphatic heterocycles. The van der Waals surface area contributed by atoms with E-state index in [0.29, 0.717) is 17.9 Å². The largest absolute Gasteiger partial charge is 0.598 e. The number of amides is 2. The van der Waals surface area contributed by atoms with Crippen LogP contribution in [0.5, 0.6) is 0 Å². The van der Waals surface area contributed by atoms with Crippen LogP contribution in [0, 0.1) is 11.7 Å². The first-order valence-electron chi connectivity index (χ1n) is 14.3. The molecule has 228 valence electrons. The summed E-state index contributed by atoms with van der Waals surface area (Å²) in [7, 11) is 0. The van der Waals surface area contributed by atoms with Gasteiger partial charge in [0.2, 0.25) is 5.91 Å². The fourth-order valence-corrected chi connectivity index (χ4v) is 5.90. The van der Waals surface area contributed by atoms with E-state index in [-0.39, 0.29) is 24.4 Å². The molecule has 1 aromatic heterocycles. The summed E-state index contributed by atoms with van der Waals surface area (Å²) in [5.41, 5.74) is -0.453. The topological polar surface area (TPSA) is 124 Å². The maximum absolute atomic E-state index is 15.3. The van der Waals surface area contributed by atoms with Gasteiger partial charge in [-0.3, -0.25) is 19.5 Å². The zero-order valence-electron chi connectivity index (χ0n) is 25.2. The molecular weight excluding hydrogens is 559 g/mol. The molecule has 1 saturated heterocycles. The number of hydrogen-bond donors (Lipinski definition) is 2. The fraction of sp³-hybridized carbons (Fsp3) is 0.548. The van der Waals surface area contributed by atoms with Crippen molar-refractivity contribution < 1.29 is 28.1 Å². The number of halogens is 1. The number of ether oxygens (including phenoxy) is 1. The van der Waals surface area contributed by atoms with Crippen LogP contribution in [-0.2, 0) is 31.2 Å². The highest BCUT2D eigenvalue weighted by molar-refractivity contribution is 7.90. The Kier molecular flexibility index (Phi) is 9.34. The zero-order chi connectivity index (χ0) is 30.9. The van der Waals surface area contributed by atoms with Crippen molar-refractivity contribution >= 4 is 34.8 Å². The average molecular weight is 601 g/mol. The van der Waals surface area contributed by atoms with E-state index in [2.05, 4.69) is 15.0 Å². The Bertz CT molecular complexity index is 1310. The number of carbonyl (C=O) groups excluding carboxylic acids is 3. The number of hydrogen-bond acceptors (Lipinski definition) is 7. The number of nitrogens with one attached hydrogen (secondary N) is 2. The summed E-state index contributed by atoms with van der Waals surface area (Å²) in [5, 5.41) is 2.61. The van der Waals surface area contributed by atoms with Crippen LogP contribution in [0.15, 0.2) is 42.7 Å². The van der Waals surface area contributed by atoms with E-state index in [0.717, 1.165) is 29.7 Å². The molecule has 2 amide bonds. The molecule has 0 bridgehead atoms. The predicted octanol–water partition coefficient (Wildman–Crippen LogP) is 5.22. The number of ketones is 1. The van der Waals surface area contributed by atoms with E-state index in [1.807, 2.05) is 32.9 Å². The lowest BCUT2D eigenvalue weighted by atomic mass is 9.79. The Morgan fingerprint density at radius 1 is 1.10 bits per heavy atom. The number of aromatic nitrogens is 1. The molecule has 2 aromatic rings. The smallest absolute Gasteiger partial charge is 0.411 e. The lowest BCUT2D eigenvalue weighted by molar-refractivity contribution is -0.121. The molecule has 0 spiro atoms. The first kappa shape index (κ1) is 31.9. The van der Waals surface area contributed by atoms with Crippen molar-refractivity contribution in [3.63, 3.8) is 0 Å². The number of benzene rings is 1. The number of rotatable bonds is 9. The number of nitrogens with zero attached hydrogens (tertiary/aromatic N) is 2. The van der Waals surface area contributed by atoms with E-state index in [4.69, 9.17) is 4.74 Å². The molecule has 9 nitrogen and oxygen atoms in total. The molecule has 1 unspecified atom stereocenters. The molecule has 1 aliphatic carbocycles. The standard InChI is InChI=1S/C31H41FN4O5S/c1-29(2,3)41-28(39)36-19-23(37)18-26(36)27(38)34-25-17-22(9-10-24(25)32)31(14-11-20-7-8-20,21-12-15-33-16-13-21)35-42(40)30(4,5)6/h9-10,12-13,15-17,20,26,35H,7-8,11,14,18-19H2,1-6H3,(H,34,38)/t26-,31?,42-/m1/s1. The normalized spacial score (nSPS) is 19.8. The minimum atomic E-state index is -1.50. The average Bonchev–Trinajstić information content (AvgIpc) is 3.65. The van der Waals surface area contributed by atoms with Crippen LogP contribution < -0.4 is 10.0 Å². The highest BCUT2D eigenvalue weighted by atomic mass is 32.2. The van der Waals surface area contributed by atoms with Gasteiger partial charge in [0.05, 0.1) is 12.2 Å². The van der Waals surface area contributed by atoms with Gasteiger partial charge >= 0.3 is 6.09 Å². The molecule has 42 heavy (non-hydrogen) atoms. The van der Waals surface area contributed by atoms with Gasteiger partial charge in [-0.2, -0.15) is 0 Å². The molecule has 2 fully saturated rings. The van der Waals surface area contributed by atoms with Crippen molar-refractivity contribution in [2.75, 3.05) is 11.9 Å². The first-order chi connectivity index (χ1) is 19.6. The van der Waals surface area contributed by atoms with Gasteiger partial charge in [-0.15, -0.1) is 4.72 Å². The lowest BCUT2D eigenvalue weighted by Crippen LogP contribution is -2.52. The van der Waals surface area contributed by atoms with Crippen molar-refractivity contribution in [3.8, 4) is 0 Å². The van der Waals surface area contributed by atoms with Crippen molar-refractivity contribution in [2.45, 2.75) is 95.6 Å². The Morgan fingerprint density at radius 3 is 2.36 bits per heavy atom. The molecule has 2 N–H and O–H groups in total. The zero-order valence-corrected chi connectivity index (χ0v) is 26.0. The molecular formula is C31H41FN4O5S. The van der Waals surface area contributed by atoms with E-state index in [1.54, 1.807) is 45.3 Å². The first-order valence-corrected chi connectivity index (χ1v) is 15.5. The fourth-order valence-electron chi connectivity index (χ4n) is 4.94. The summed E-state index contributed by atoms with van der Waals surface area (Å²) in [5.74, 6) is -1.10. The Morgan fingerprint density at radius 2 is 1.76 bits per heavy atom. The van der Waals surface area contributed by atoms with E-state index < -0.39 is 51.1 Å². The summed E-state index contributed by atoms with van der Waals surface area (Å²) in [4.78, 5) is 43.7. The summed E-state index contributed by atoms with van der Waals surface area (Å²) < 4.78 is 37.0. The monoisotopic (exact) mass is 600 g/mol. The maximum atomic E-state index is 15.3. The second-order valence-electron chi connectivity index (χ2n) is 13.2. The number of carbonyl (C=O) groups is 3. The lowest BCUT2D eigenvalue weighted by Gasteiger charge is -2.39. The molecule has 3 atom stereocenters. The van der Waals surface area contributed by atoms with Gasteiger partial charge < -0.3 is 14.6 Å². The molecule has 2 aliphatic rings. The summed E-state index contributed by atoms with van der Waals surface area (Å²) in [6.45, 7) is 10.5. The van der Waals surface area contributed by atoms with Gasteiger partial charge in [-0.1, -0.05) is 18.9 Å². The highest BCUT2D eigenvalue weighted by Crippen LogP contribution is 2.43. The van der Waals surface area contributed by atoms with Gasteiger partial charge in [0.1, 0.15) is 27.7 Å². The van der Waals surface area contributed by atoms with E-state index in [9.17, 15) is 18.9 Å². The number of pyridine rings is 1. The third-order valence-corrected chi connectivity index (χ3v) is 9.06. The minimum absolute atomic E-state index is 0.103. The van der Waals surface area contributed by atoms with Gasteiger partial charge in [-0.05, 0) is 95.7 Å². The van der Waals surface area contributed by atoms with Crippen molar-refractivity contribution in [1.82, 2.24) is 14.6 Å². The summed E-state index contributed by atoms with van der Waals surface area (Å²) in [6.07, 6.45) is 6.07. The summed E-state index contributed by atoms with van der Waals surface area (Å²) >= 11 is -1.50. The number of likely N-dealkylation sites (tertiary alicyclic amines) is 1. The third kappa shape index (κ3) is 7.67. The Hall–Kier alpha value is -3.02. The maximum Gasteiger partial charge on any atom is 0.411 e. The molecule has 1 saturated carbocycles. The minimum Gasteiger partial charge on any atom is -0.598 e. The summed E-state index contributed by atoms with van der Waals surface area (Å²) in [6, 6.07) is 7.01. The van der Waals surface area contributed by atoms with Crippen molar-refractivity contribution in [3.05, 3.63) is 59.7 Å². The second kappa shape index (κ2) is 12.3. The molecule has 1 aromatic carbocycles. The Labute approximate surface area is 250 Å². The molecule has 0 radical (unpaired) electrons. The van der Waals surface area contributed by atoms with E-state index in [1.165, 1.54) is 6.07 Å². The number of Topliss-reactive ketones (excluding diaryl/α,β-unsaturated/α-hetero) is 1. The van der Waals surface area contributed by atoms with Crippen LogP contribution in [0.3, 0.4) is 0 Å². The SMILES string of the molecule is CC(C)(C)OC(=O)N1CC(=O)C[C@@H]1C(=O)Nc1cc(C(CCC2CC2)(N[S@+]([O-])C(C)(C)C)c2ccncc2)ccc1F. The van der Waals surface area contributed by atoms with Crippen molar-refractivity contribution in [1.29, 1.82) is 0 Å². The molecule has 2 heterocycles. The van der Waals surface area contributed by atoms with Crippen LogP contribution >= 0.6 is 0 Å². The highest BCUT2D eigenvalue weighted by Gasteiger charge is 2.44. The van der Waals surface area contributed by atoms with Crippen LogP contribution in [0.2, 0.25) is 0 Å².